The van der Waals surface area contributed by atoms with Crippen LogP contribution in [0.3, 0.4) is 0 Å². The molecule has 4 nitrogen and oxygen atoms in total. The van der Waals surface area contributed by atoms with Crippen molar-refractivity contribution >= 4 is 0 Å². The van der Waals surface area contributed by atoms with Gasteiger partial charge in [0.15, 0.2) is 0 Å². The van der Waals surface area contributed by atoms with Crippen LogP contribution < -0.4 is 4.74 Å². The van der Waals surface area contributed by atoms with Crippen LogP contribution in [0.5, 0.6) is 5.88 Å². The molecular weight excluding hydrogens is 170 g/mol. The van der Waals surface area contributed by atoms with Gasteiger partial charge in [0.2, 0.25) is 12.2 Å². The molecule has 0 aliphatic rings. The number of pyridine rings is 1. The Kier molecular flexibility index (Phi) is 3.67. The lowest BCUT2D eigenvalue weighted by Crippen LogP contribution is -2.06. The van der Waals surface area contributed by atoms with Crippen molar-refractivity contribution in [3.05, 3.63) is 23.9 Å². The fourth-order valence-electron chi connectivity index (χ4n) is 1.01. The molecule has 0 N–H and O–H groups in total. The van der Waals surface area contributed by atoms with E-state index in [4.69, 9.17) is 14.2 Å². The van der Waals surface area contributed by atoms with Gasteiger partial charge >= 0.3 is 0 Å². The van der Waals surface area contributed by atoms with E-state index in [0.29, 0.717) is 11.6 Å². The second kappa shape index (κ2) is 4.79. The van der Waals surface area contributed by atoms with Crippen LogP contribution in [0.25, 0.3) is 0 Å². The highest BCUT2D eigenvalue weighted by molar-refractivity contribution is 5.16. The Bertz CT molecular complexity index is 261. The summed E-state index contributed by atoms with van der Waals surface area (Å²) in [5.41, 5.74) is 0.698. The summed E-state index contributed by atoms with van der Waals surface area (Å²) in [5.74, 6) is 0.552. The van der Waals surface area contributed by atoms with Crippen LogP contribution in [0.4, 0.5) is 0 Å². The first-order valence-electron chi connectivity index (χ1n) is 3.88. The molecule has 0 saturated carbocycles. The Morgan fingerprint density at radius 2 is 1.85 bits per heavy atom. The first kappa shape index (κ1) is 9.95. The van der Waals surface area contributed by atoms with Crippen molar-refractivity contribution in [3.63, 3.8) is 0 Å². The van der Waals surface area contributed by atoms with Crippen LogP contribution in [0.15, 0.2) is 18.2 Å². The number of ether oxygens (including phenoxy) is 3. The molecule has 1 aromatic rings. The van der Waals surface area contributed by atoms with E-state index in [9.17, 15) is 0 Å². The zero-order chi connectivity index (χ0) is 9.68. The molecule has 0 radical (unpaired) electrons. The molecule has 1 rings (SSSR count). The maximum atomic E-state index is 5.04. The van der Waals surface area contributed by atoms with Gasteiger partial charge in [0.1, 0.15) is 5.69 Å². The predicted molar refractivity (Wildman–Crippen MR) is 47.5 cm³/mol. The third-order valence-corrected chi connectivity index (χ3v) is 1.62. The van der Waals surface area contributed by atoms with Crippen molar-refractivity contribution in [2.75, 3.05) is 21.3 Å². The minimum absolute atomic E-state index is 0.435. The highest BCUT2D eigenvalue weighted by atomic mass is 16.7. The van der Waals surface area contributed by atoms with Crippen LogP contribution in [-0.2, 0) is 9.47 Å². The highest BCUT2D eigenvalue weighted by Gasteiger charge is 2.10. The van der Waals surface area contributed by atoms with E-state index >= 15 is 0 Å². The number of hydrogen-bond acceptors (Lipinski definition) is 4. The van der Waals surface area contributed by atoms with Gasteiger partial charge in [-0.1, -0.05) is 6.07 Å². The van der Waals surface area contributed by atoms with Crippen LogP contribution in [0.1, 0.15) is 12.0 Å². The van der Waals surface area contributed by atoms with Gasteiger partial charge in [0.25, 0.3) is 0 Å². The smallest absolute Gasteiger partial charge is 0.213 e. The minimum atomic E-state index is -0.435. The third-order valence-electron chi connectivity index (χ3n) is 1.62. The van der Waals surface area contributed by atoms with E-state index in [-0.39, 0.29) is 0 Å². The SMILES string of the molecule is COc1cccc(C(OC)OC)n1. The molecule has 0 aliphatic carbocycles. The Morgan fingerprint density at radius 1 is 1.15 bits per heavy atom. The van der Waals surface area contributed by atoms with Crippen LogP contribution in [0.2, 0.25) is 0 Å². The van der Waals surface area contributed by atoms with Crippen molar-refractivity contribution in [3.8, 4) is 5.88 Å². The van der Waals surface area contributed by atoms with E-state index in [1.807, 2.05) is 12.1 Å². The zero-order valence-electron chi connectivity index (χ0n) is 7.98. The van der Waals surface area contributed by atoms with Gasteiger partial charge in [-0.2, -0.15) is 0 Å². The van der Waals surface area contributed by atoms with Gasteiger partial charge in [0.05, 0.1) is 7.11 Å². The molecule has 1 aromatic heterocycles. The summed E-state index contributed by atoms with van der Waals surface area (Å²) < 4.78 is 15.1. The Hall–Kier alpha value is -1.13. The lowest BCUT2D eigenvalue weighted by Gasteiger charge is -2.12. The number of aromatic nitrogens is 1. The monoisotopic (exact) mass is 183 g/mol. The summed E-state index contributed by atoms with van der Waals surface area (Å²) in [4.78, 5) is 4.16. The van der Waals surface area contributed by atoms with Crippen LogP contribution in [0, 0.1) is 0 Å². The summed E-state index contributed by atoms with van der Waals surface area (Å²) >= 11 is 0. The van der Waals surface area contributed by atoms with E-state index < -0.39 is 6.29 Å². The number of methoxy groups -OCH3 is 3. The van der Waals surface area contributed by atoms with Crippen molar-refractivity contribution in [2.24, 2.45) is 0 Å². The molecular formula is C9H13NO3. The molecule has 0 fully saturated rings. The summed E-state index contributed by atoms with van der Waals surface area (Å²) in [6.07, 6.45) is -0.435. The Balaban J connectivity index is 2.86. The summed E-state index contributed by atoms with van der Waals surface area (Å²) in [6, 6.07) is 5.43. The van der Waals surface area contributed by atoms with E-state index in [2.05, 4.69) is 4.98 Å². The second-order valence-electron chi connectivity index (χ2n) is 2.41. The molecule has 4 heteroatoms. The third kappa shape index (κ3) is 2.40. The minimum Gasteiger partial charge on any atom is -0.481 e. The quantitative estimate of drug-likeness (QED) is 0.661. The molecule has 13 heavy (non-hydrogen) atoms. The van der Waals surface area contributed by atoms with Crippen molar-refractivity contribution in [1.29, 1.82) is 0 Å². The maximum absolute atomic E-state index is 5.04. The van der Waals surface area contributed by atoms with Gasteiger partial charge in [-0.05, 0) is 6.07 Å². The summed E-state index contributed by atoms with van der Waals surface area (Å²) in [7, 11) is 4.70. The second-order valence-corrected chi connectivity index (χ2v) is 2.41. The largest absolute Gasteiger partial charge is 0.481 e. The fraction of sp³-hybridized carbons (Fsp3) is 0.444. The van der Waals surface area contributed by atoms with Crippen molar-refractivity contribution in [2.45, 2.75) is 6.29 Å². The molecule has 0 amide bonds. The zero-order valence-corrected chi connectivity index (χ0v) is 7.98. The average molecular weight is 183 g/mol. The lowest BCUT2D eigenvalue weighted by molar-refractivity contribution is -0.108. The van der Waals surface area contributed by atoms with Gasteiger partial charge in [-0.3, -0.25) is 0 Å². The lowest BCUT2D eigenvalue weighted by atomic mass is 10.3. The first-order valence-corrected chi connectivity index (χ1v) is 3.88. The van der Waals surface area contributed by atoms with Crippen LogP contribution >= 0.6 is 0 Å². The van der Waals surface area contributed by atoms with Gasteiger partial charge in [-0.25, -0.2) is 4.98 Å². The van der Waals surface area contributed by atoms with Gasteiger partial charge in [-0.15, -0.1) is 0 Å². The molecule has 1 heterocycles. The Labute approximate surface area is 77.5 Å². The van der Waals surface area contributed by atoms with Crippen LogP contribution in [-0.4, -0.2) is 26.3 Å². The van der Waals surface area contributed by atoms with Crippen molar-refractivity contribution in [1.82, 2.24) is 4.98 Å². The topological polar surface area (TPSA) is 40.6 Å². The van der Waals surface area contributed by atoms with Gasteiger partial charge < -0.3 is 14.2 Å². The van der Waals surface area contributed by atoms with Gasteiger partial charge in [0, 0.05) is 20.3 Å². The molecule has 0 spiro atoms. The molecule has 0 unspecified atom stereocenters. The molecule has 0 bridgehead atoms. The maximum Gasteiger partial charge on any atom is 0.213 e. The average Bonchev–Trinajstić information content (AvgIpc) is 2.20. The predicted octanol–water partition coefficient (Wildman–Crippen LogP) is 1.38. The number of rotatable bonds is 4. The molecule has 72 valence electrons. The first-order chi connectivity index (χ1) is 6.31. The van der Waals surface area contributed by atoms with E-state index in [1.165, 1.54) is 0 Å². The summed E-state index contributed by atoms with van der Waals surface area (Å²) in [6.45, 7) is 0. The number of nitrogens with zero attached hydrogens (tertiary/aromatic N) is 1. The molecule has 0 aliphatic heterocycles. The highest BCUT2D eigenvalue weighted by Crippen LogP contribution is 2.17. The fourth-order valence-corrected chi connectivity index (χ4v) is 1.01. The molecule has 0 saturated heterocycles. The normalized spacial score (nSPS) is 10.5. The molecule has 0 atom stereocenters. The standard InChI is InChI=1S/C9H13NO3/c1-11-8-6-4-5-7(10-8)9(12-2)13-3/h4-6,9H,1-3H3. The van der Waals surface area contributed by atoms with E-state index in [0.717, 1.165) is 0 Å². The number of hydrogen-bond donors (Lipinski definition) is 0. The molecule has 0 aromatic carbocycles. The summed E-state index contributed by atoms with van der Waals surface area (Å²) in [5, 5.41) is 0. The van der Waals surface area contributed by atoms with E-state index in [1.54, 1.807) is 27.4 Å². The Morgan fingerprint density at radius 3 is 2.38 bits per heavy atom. The van der Waals surface area contributed by atoms with Crippen molar-refractivity contribution < 1.29 is 14.2 Å².